The van der Waals surface area contributed by atoms with Crippen LogP contribution in [0.25, 0.3) is 0 Å². The van der Waals surface area contributed by atoms with Crippen molar-refractivity contribution in [2.45, 2.75) is 52.7 Å². The molecule has 12 heavy (non-hydrogen) atoms. The Morgan fingerprint density at radius 1 is 1.25 bits per heavy atom. The Morgan fingerprint density at radius 3 is 2.17 bits per heavy atom. The van der Waals surface area contributed by atoms with Gasteiger partial charge >= 0.3 is 0 Å². The molecule has 0 aliphatic heterocycles. The first-order valence-corrected chi connectivity index (χ1v) is 5.00. The lowest BCUT2D eigenvalue weighted by atomic mass is 9.97. The minimum Gasteiger partial charge on any atom is -0.377 e. The van der Waals surface area contributed by atoms with Crippen molar-refractivity contribution < 1.29 is 4.74 Å². The van der Waals surface area contributed by atoms with Gasteiger partial charge in [0.25, 0.3) is 0 Å². The molecule has 0 spiro atoms. The highest BCUT2D eigenvalue weighted by Crippen LogP contribution is 2.13. The van der Waals surface area contributed by atoms with E-state index in [2.05, 4.69) is 20.8 Å². The van der Waals surface area contributed by atoms with E-state index in [1.54, 1.807) is 0 Å². The Hall–Kier alpha value is -0.0800. The molecule has 0 fully saturated rings. The summed E-state index contributed by atoms with van der Waals surface area (Å²) in [6.07, 6.45) is 2.43. The fourth-order valence-corrected chi connectivity index (χ4v) is 1.50. The van der Waals surface area contributed by atoms with Gasteiger partial charge in [-0.25, -0.2) is 0 Å². The SMILES string of the molecule is CCC[C@H](N)C(OCC)C(C)C. The highest BCUT2D eigenvalue weighted by atomic mass is 16.5. The summed E-state index contributed by atoms with van der Waals surface area (Å²) in [6, 6.07) is 0.204. The molecule has 2 atom stereocenters. The molecule has 0 rings (SSSR count). The normalized spacial score (nSPS) is 16.5. The molecule has 0 aliphatic rings. The molecule has 2 heteroatoms. The van der Waals surface area contributed by atoms with Crippen LogP contribution in [0.1, 0.15) is 40.5 Å². The molecule has 0 aromatic rings. The van der Waals surface area contributed by atoms with Crippen molar-refractivity contribution in [3.05, 3.63) is 0 Å². The monoisotopic (exact) mass is 173 g/mol. The predicted molar refractivity (Wildman–Crippen MR) is 53.1 cm³/mol. The zero-order valence-electron chi connectivity index (χ0n) is 8.84. The Labute approximate surface area is 76.5 Å². The maximum absolute atomic E-state index is 5.99. The van der Waals surface area contributed by atoms with Gasteiger partial charge in [-0.15, -0.1) is 0 Å². The van der Waals surface area contributed by atoms with E-state index in [1.165, 1.54) is 0 Å². The summed E-state index contributed by atoms with van der Waals surface area (Å²) in [5, 5.41) is 0. The molecule has 0 amide bonds. The number of hydrogen-bond donors (Lipinski definition) is 1. The van der Waals surface area contributed by atoms with E-state index < -0.39 is 0 Å². The summed E-state index contributed by atoms with van der Waals surface area (Å²) in [5.41, 5.74) is 5.99. The number of hydrogen-bond acceptors (Lipinski definition) is 2. The predicted octanol–water partition coefficient (Wildman–Crippen LogP) is 2.17. The molecule has 74 valence electrons. The molecule has 0 radical (unpaired) electrons. The zero-order valence-corrected chi connectivity index (χ0v) is 8.84. The van der Waals surface area contributed by atoms with E-state index >= 15 is 0 Å². The molecule has 0 heterocycles. The van der Waals surface area contributed by atoms with Gasteiger partial charge in [-0.05, 0) is 19.3 Å². The molecule has 0 saturated heterocycles. The smallest absolute Gasteiger partial charge is 0.0748 e. The van der Waals surface area contributed by atoms with Gasteiger partial charge < -0.3 is 10.5 Å². The van der Waals surface area contributed by atoms with E-state index in [9.17, 15) is 0 Å². The number of ether oxygens (including phenoxy) is 1. The van der Waals surface area contributed by atoms with Gasteiger partial charge in [0, 0.05) is 12.6 Å². The first-order valence-electron chi connectivity index (χ1n) is 5.00. The molecule has 0 saturated carbocycles. The molecule has 0 aromatic heterocycles. The van der Waals surface area contributed by atoms with Crippen molar-refractivity contribution in [1.82, 2.24) is 0 Å². The van der Waals surface area contributed by atoms with E-state index in [4.69, 9.17) is 10.5 Å². The quantitative estimate of drug-likeness (QED) is 0.668. The molecule has 0 bridgehead atoms. The minimum atomic E-state index is 0.204. The van der Waals surface area contributed by atoms with Gasteiger partial charge in [-0.2, -0.15) is 0 Å². The van der Waals surface area contributed by atoms with E-state index in [0.717, 1.165) is 19.4 Å². The second-order valence-electron chi connectivity index (χ2n) is 3.62. The summed E-state index contributed by atoms with van der Waals surface area (Å²) in [5.74, 6) is 0.520. The Kier molecular flexibility index (Phi) is 6.39. The molecular formula is C10H23NO. The van der Waals surface area contributed by atoms with Crippen molar-refractivity contribution in [3.8, 4) is 0 Å². The van der Waals surface area contributed by atoms with Crippen LogP contribution < -0.4 is 5.73 Å². The third-order valence-corrected chi connectivity index (χ3v) is 2.06. The first kappa shape index (κ1) is 11.9. The van der Waals surface area contributed by atoms with Gasteiger partial charge in [-0.3, -0.25) is 0 Å². The summed E-state index contributed by atoms with van der Waals surface area (Å²) < 4.78 is 5.59. The van der Waals surface area contributed by atoms with Crippen molar-refractivity contribution in [1.29, 1.82) is 0 Å². The summed E-state index contributed by atoms with van der Waals surface area (Å²) >= 11 is 0. The average molecular weight is 173 g/mol. The van der Waals surface area contributed by atoms with Crippen molar-refractivity contribution in [2.24, 2.45) is 11.7 Å². The Morgan fingerprint density at radius 2 is 1.83 bits per heavy atom. The van der Waals surface area contributed by atoms with Gasteiger partial charge in [0.2, 0.25) is 0 Å². The lowest BCUT2D eigenvalue weighted by molar-refractivity contribution is 0.0107. The van der Waals surface area contributed by atoms with Crippen LogP contribution in [0, 0.1) is 5.92 Å². The van der Waals surface area contributed by atoms with Gasteiger partial charge in [0.1, 0.15) is 0 Å². The first-order chi connectivity index (χ1) is 5.63. The molecule has 1 unspecified atom stereocenters. The van der Waals surface area contributed by atoms with Crippen LogP contribution in [-0.2, 0) is 4.74 Å². The van der Waals surface area contributed by atoms with Crippen LogP contribution in [-0.4, -0.2) is 18.8 Å². The summed E-state index contributed by atoms with van der Waals surface area (Å²) in [4.78, 5) is 0. The highest BCUT2D eigenvalue weighted by Gasteiger charge is 2.20. The molecule has 0 aliphatic carbocycles. The lowest BCUT2D eigenvalue weighted by Gasteiger charge is -2.26. The van der Waals surface area contributed by atoms with Gasteiger partial charge in [0.15, 0.2) is 0 Å². The zero-order chi connectivity index (χ0) is 9.56. The van der Waals surface area contributed by atoms with Crippen LogP contribution in [0.15, 0.2) is 0 Å². The molecule has 2 nitrogen and oxygen atoms in total. The largest absolute Gasteiger partial charge is 0.377 e. The third kappa shape index (κ3) is 4.07. The van der Waals surface area contributed by atoms with Crippen molar-refractivity contribution in [2.75, 3.05) is 6.61 Å². The maximum Gasteiger partial charge on any atom is 0.0748 e. The number of rotatable bonds is 6. The maximum atomic E-state index is 5.99. The van der Waals surface area contributed by atoms with Crippen LogP contribution in [0.4, 0.5) is 0 Å². The summed E-state index contributed by atoms with van der Waals surface area (Å²) in [7, 11) is 0. The third-order valence-electron chi connectivity index (χ3n) is 2.06. The molecule has 2 N–H and O–H groups in total. The van der Waals surface area contributed by atoms with Crippen LogP contribution in [0.2, 0.25) is 0 Å². The molecule has 0 aromatic carbocycles. The average Bonchev–Trinajstić information content (AvgIpc) is 1.99. The highest BCUT2D eigenvalue weighted by molar-refractivity contribution is 4.75. The second kappa shape index (κ2) is 6.44. The lowest BCUT2D eigenvalue weighted by Crippen LogP contribution is -2.40. The van der Waals surface area contributed by atoms with Gasteiger partial charge in [0.05, 0.1) is 6.10 Å². The summed E-state index contributed by atoms with van der Waals surface area (Å²) in [6.45, 7) is 9.27. The Bertz CT molecular complexity index is 104. The van der Waals surface area contributed by atoms with E-state index in [0.29, 0.717) is 5.92 Å². The topological polar surface area (TPSA) is 35.2 Å². The van der Waals surface area contributed by atoms with Gasteiger partial charge in [-0.1, -0.05) is 27.2 Å². The Balaban J connectivity index is 3.90. The molecular weight excluding hydrogens is 150 g/mol. The second-order valence-corrected chi connectivity index (χ2v) is 3.62. The van der Waals surface area contributed by atoms with Crippen LogP contribution in [0.3, 0.4) is 0 Å². The van der Waals surface area contributed by atoms with Crippen LogP contribution in [0.5, 0.6) is 0 Å². The van der Waals surface area contributed by atoms with Crippen molar-refractivity contribution >= 4 is 0 Å². The fraction of sp³-hybridized carbons (Fsp3) is 1.00. The standard InChI is InChI=1S/C10H23NO/c1-5-7-9(11)10(8(3)4)12-6-2/h8-10H,5-7,11H2,1-4H3/t9-,10?/m0/s1. The number of nitrogens with two attached hydrogens (primary N) is 1. The fourth-order valence-electron chi connectivity index (χ4n) is 1.50. The minimum absolute atomic E-state index is 0.204. The van der Waals surface area contributed by atoms with E-state index in [-0.39, 0.29) is 12.1 Å². The van der Waals surface area contributed by atoms with Crippen LogP contribution >= 0.6 is 0 Å². The van der Waals surface area contributed by atoms with Crippen molar-refractivity contribution in [3.63, 3.8) is 0 Å². The van der Waals surface area contributed by atoms with E-state index in [1.807, 2.05) is 6.92 Å².